The van der Waals surface area contributed by atoms with Crippen molar-refractivity contribution in [3.05, 3.63) is 78.5 Å². The number of pyridine rings is 1. The predicted molar refractivity (Wildman–Crippen MR) is 103 cm³/mol. The number of amides is 1. The smallest absolute Gasteiger partial charge is 0.223 e. The topological polar surface area (TPSA) is 45.2 Å². The Morgan fingerprint density at radius 2 is 1.84 bits per heavy atom. The van der Waals surface area contributed by atoms with Crippen LogP contribution in [0.15, 0.2) is 72.9 Å². The second-order valence-electron chi connectivity index (χ2n) is 5.89. The number of carbonyl (C=O) groups is 1. The quantitative estimate of drug-likeness (QED) is 0.756. The number of hydrogen-bond donors (Lipinski definition) is 1. The number of benzene rings is 2. The molecule has 0 aliphatic rings. The van der Waals surface area contributed by atoms with Gasteiger partial charge in [0.05, 0.1) is 5.69 Å². The molecule has 0 aliphatic carbocycles. The first-order valence-corrected chi connectivity index (χ1v) is 8.22. The molecular weight excluding hydrogens is 310 g/mol. The molecular formula is C21H21N3O. The van der Waals surface area contributed by atoms with E-state index in [4.69, 9.17) is 0 Å². The minimum absolute atomic E-state index is 0.0204. The Hall–Kier alpha value is -3.14. The lowest BCUT2D eigenvalue weighted by Crippen LogP contribution is -2.22. The standard InChI is InChI=1S/C21H21N3O/c1-16(25)24(2)20-11-9-19(10-12-20)23-15-17-6-5-7-18(14-17)21-8-3-4-13-22-21/h3-14,23H,15H2,1-2H3. The van der Waals surface area contributed by atoms with Crippen LogP contribution in [0.5, 0.6) is 0 Å². The van der Waals surface area contributed by atoms with Gasteiger partial charge < -0.3 is 10.2 Å². The molecule has 1 heterocycles. The molecule has 4 nitrogen and oxygen atoms in total. The van der Waals surface area contributed by atoms with Crippen molar-refractivity contribution in [1.82, 2.24) is 4.98 Å². The number of rotatable bonds is 5. The molecule has 0 saturated carbocycles. The Labute approximate surface area is 148 Å². The highest BCUT2D eigenvalue weighted by Gasteiger charge is 2.05. The Bertz CT molecular complexity index is 845. The summed E-state index contributed by atoms with van der Waals surface area (Å²) in [7, 11) is 1.77. The monoisotopic (exact) mass is 331 g/mol. The van der Waals surface area contributed by atoms with E-state index in [1.54, 1.807) is 25.1 Å². The van der Waals surface area contributed by atoms with Gasteiger partial charge in [-0.25, -0.2) is 0 Å². The van der Waals surface area contributed by atoms with Gasteiger partial charge in [0, 0.05) is 43.7 Å². The summed E-state index contributed by atoms with van der Waals surface area (Å²) in [6.07, 6.45) is 1.81. The average molecular weight is 331 g/mol. The zero-order valence-corrected chi connectivity index (χ0v) is 14.4. The van der Waals surface area contributed by atoms with Crippen molar-refractivity contribution in [2.45, 2.75) is 13.5 Å². The maximum Gasteiger partial charge on any atom is 0.223 e. The second kappa shape index (κ2) is 7.62. The van der Waals surface area contributed by atoms with Crippen molar-refractivity contribution < 1.29 is 4.79 Å². The van der Waals surface area contributed by atoms with Gasteiger partial charge in [-0.3, -0.25) is 9.78 Å². The van der Waals surface area contributed by atoms with E-state index < -0.39 is 0 Å². The number of aromatic nitrogens is 1. The van der Waals surface area contributed by atoms with Gasteiger partial charge in [0.2, 0.25) is 5.91 Å². The third-order valence-corrected chi connectivity index (χ3v) is 4.11. The summed E-state index contributed by atoms with van der Waals surface area (Å²) in [6, 6.07) is 22.1. The first-order chi connectivity index (χ1) is 12.1. The molecule has 2 aromatic carbocycles. The summed E-state index contributed by atoms with van der Waals surface area (Å²) < 4.78 is 0. The van der Waals surface area contributed by atoms with Gasteiger partial charge in [0.15, 0.2) is 0 Å². The van der Waals surface area contributed by atoms with Crippen LogP contribution in [0.2, 0.25) is 0 Å². The first kappa shape index (κ1) is 16.7. The zero-order valence-electron chi connectivity index (χ0n) is 14.4. The van der Waals surface area contributed by atoms with E-state index in [1.165, 1.54) is 5.56 Å². The molecule has 0 bridgehead atoms. The van der Waals surface area contributed by atoms with E-state index in [0.29, 0.717) is 0 Å². The highest BCUT2D eigenvalue weighted by Crippen LogP contribution is 2.20. The molecule has 25 heavy (non-hydrogen) atoms. The van der Waals surface area contributed by atoms with E-state index in [2.05, 4.69) is 28.5 Å². The summed E-state index contributed by atoms with van der Waals surface area (Å²) >= 11 is 0. The van der Waals surface area contributed by atoms with E-state index >= 15 is 0 Å². The normalized spacial score (nSPS) is 10.3. The summed E-state index contributed by atoms with van der Waals surface area (Å²) in [6.45, 7) is 2.28. The molecule has 3 rings (SSSR count). The fourth-order valence-corrected chi connectivity index (χ4v) is 2.56. The number of hydrogen-bond acceptors (Lipinski definition) is 3. The van der Waals surface area contributed by atoms with Gasteiger partial charge in [-0.2, -0.15) is 0 Å². The third-order valence-electron chi connectivity index (χ3n) is 4.11. The molecule has 1 amide bonds. The van der Waals surface area contributed by atoms with Crippen molar-refractivity contribution in [1.29, 1.82) is 0 Å². The zero-order chi connectivity index (χ0) is 17.6. The lowest BCUT2D eigenvalue weighted by atomic mass is 10.1. The summed E-state index contributed by atoms with van der Waals surface area (Å²) in [5.41, 5.74) is 5.17. The highest BCUT2D eigenvalue weighted by molar-refractivity contribution is 5.91. The molecule has 0 saturated heterocycles. The maximum absolute atomic E-state index is 11.4. The molecule has 1 N–H and O–H groups in total. The Morgan fingerprint density at radius 1 is 1.04 bits per heavy atom. The van der Waals surface area contributed by atoms with E-state index in [0.717, 1.165) is 29.2 Å². The van der Waals surface area contributed by atoms with Crippen LogP contribution in [0, 0.1) is 0 Å². The van der Waals surface area contributed by atoms with Gasteiger partial charge >= 0.3 is 0 Å². The Balaban J connectivity index is 1.67. The second-order valence-corrected chi connectivity index (χ2v) is 5.89. The lowest BCUT2D eigenvalue weighted by Gasteiger charge is -2.15. The SMILES string of the molecule is CC(=O)N(C)c1ccc(NCc2cccc(-c3ccccn3)c2)cc1. The molecule has 0 spiro atoms. The molecule has 1 aromatic heterocycles. The first-order valence-electron chi connectivity index (χ1n) is 8.22. The van der Waals surface area contributed by atoms with Crippen LogP contribution in [0.25, 0.3) is 11.3 Å². The third kappa shape index (κ3) is 4.23. The van der Waals surface area contributed by atoms with Crippen LogP contribution < -0.4 is 10.2 Å². The molecule has 0 fully saturated rings. The van der Waals surface area contributed by atoms with Gasteiger partial charge in [-0.05, 0) is 48.0 Å². The minimum atomic E-state index is 0.0204. The molecule has 0 radical (unpaired) electrons. The Kier molecular flexibility index (Phi) is 5.09. The Morgan fingerprint density at radius 3 is 2.52 bits per heavy atom. The highest BCUT2D eigenvalue weighted by atomic mass is 16.2. The van der Waals surface area contributed by atoms with Crippen LogP contribution >= 0.6 is 0 Å². The summed E-state index contributed by atoms with van der Waals surface area (Å²) in [5, 5.41) is 3.41. The molecule has 4 heteroatoms. The van der Waals surface area contributed by atoms with Crippen molar-refractivity contribution >= 4 is 17.3 Å². The summed E-state index contributed by atoms with van der Waals surface area (Å²) in [5.74, 6) is 0.0204. The molecule has 3 aromatic rings. The van der Waals surface area contributed by atoms with Gasteiger partial charge in [-0.15, -0.1) is 0 Å². The molecule has 0 atom stereocenters. The van der Waals surface area contributed by atoms with Crippen molar-refractivity contribution in [2.75, 3.05) is 17.3 Å². The van der Waals surface area contributed by atoms with Gasteiger partial charge in [0.25, 0.3) is 0 Å². The van der Waals surface area contributed by atoms with Crippen molar-refractivity contribution in [3.63, 3.8) is 0 Å². The number of nitrogens with zero attached hydrogens (tertiary/aromatic N) is 2. The van der Waals surface area contributed by atoms with Crippen LogP contribution in [0.4, 0.5) is 11.4 Å². The fraction of sp³-hybridized carbons (Fsp3) is 0.143. The predicted octanol–water partition coefficient (Wildman–Crippen LogP) is 4.34. The largest absolute Gasteiger partial charge is 0.381 e. The number of carbonyl (C=O) groups excluding carboxylic acids is 1. The number of anilines is 2. The van der Waals surface area contributed by atoms with Gasteiger partial charge in [-0.1, -0.05) is 24.3 Å². The summed E-state index contributed by atoms with van der Waals surface area (Å²) in [4.78, 5) is 17.4. The van der Waals surface area contributed by atoms with E-state index in [-0.39, 0.29) is 5.91 Å². The fourth-order valence-electron chi connectivity index (χ4n) is 2.56. The lowest BCUT2D eigenvalue weighted by molar-refractivity contribution is -0.116. The number of nitrogens with one attached hydrogen (secondary N) is 1. The molecule has 0 aliphatic heterocycles. The molecule has 126 valence electrons. The van der Waals surface area contributed by atoms with Crippen LogP contribution in [0.1, 0.15) is 12.5 Å². The van der Waals surface area contributed by atoms with Crippen molar-refractivity contribution in [2.24, 2.45) is 0 Å². The van der Waals surface area contributed by atoms with Gasteiger partial charge in [0.1, 0.15) is 0 Å². The van der Waals surface area contributed by atoms with Crippen LogP contribution in [-0.4, -0.2) is 17.9 Å². The maximum atomic E-state index is 11.4. The minimum Gasteiger partial charge on any atom is -0.381 e. The van der Waals surface area contributed by atoms with E-state index in [1.807, 2.05) is 48.5 Å². The van der Waals surface area contributed by atoms with Crippen molar-refractivity contribution in [3.8, 4) is 11.3 Å². The van der Waals surface area contributed by atoms with Crippen LogP contribution in [0.3, 0.4) is 0 Å². The van der Waals surface area contributed by atoms with Crippen LogP contribution in [-0.2, 0) is 11.3 Å². The van der Waals surface area contributed by atoms with E-state index in [9.17, 15) is 4.79 Å². The molecule has 0 unspecified atom stereocenters. The average Bonchev–Trinajstić information content (AvgIpc) is 2.67.